The number of hydrogen-bond acceptors (Lipinski definition) is 3. The lowest BCUT2D eigenvalue weighted by Gasteiger charge is -2.12. The first kappa shape index (κ1) is 13.0. The quantitative estimate of drug-likeness (QED) is 0.907. The summed E-state index contributed by atoms with van der Waals surface area (Å²) in [7, 11) is 0. The smallest absolute Gasteiger partial charge is 0.366 e. The molecule has 0 unspecified atom stereocenters. The molecule has 0 bridgehead atoms. The highest BCUT2D eigenvalue weighted by molar-refractivity contribution is 5.94. The zero-order valence-corrected chi connectivity index (χ0v) is 9.48. The molecule has 0 atom stereocenters. The van der Waals surface area contributed by atoms with Crippen LogP contribution in [0.1, 0.15) is 15.9 Å². The van der Waals surface area contributed by atoms with Gasteiger partial charge in [-0.3, -0.25) is 4.79 Å². The third-order valence-electron chi connectivity index (χ3n) is 2.42. The van der Waals surface area contributed by atoms with Crippen molar-refractivity contribution in [3.05, 3.63) is 47.8 Å². The Morgan fingerprint density at radius 1 is 1.16 bits per heavy atom. The Balaban J connectivity index is 2.67. The van der Waals surface area contributed by atoms with E-state index in [1.165, 1.54) is 18.5 Å². The minimum atomic E-state index is -4.56. The fourth-order valence-corrected chi connectivity index (χ4v) is 1.57. The van der Waals surface area contributed by atoms with Crippen molar-refractivity contribution in [3.8, 4) is 11.4 Å². The third kappa shape index (κ3) is 2.70. The topological polar surface area (TPSA) is 68.9 Å². The number of nitrogens with zero attached hydrogens (tertiary/aromatic N) is 2. The second kappa shape index (κ2) is 4.68. The van der Waals surface area contributed by atoms with Gasteiger partial charge in [0.25, 0.3) is 0 Å². The maximum atomic E-state index is 12.9. The molecule has 2 aromatic rings. The number of hydrogen-bond donors (Lipinski definition) is 1. The van der Waals surface area contributed by atoms with Crippen molar-refractivity contribution in [3.63, 3.8) is 0 Å². The van der Waals surface area contributed by atoms with Crippen LogP contribution in [-0.2, 0) is 6.18 Å². The van der Waals surface area contributed by atoms with Gasteiger partial charge < -0.3 is 5.73 Å². The molecule has 98 valence electrons. The number of carbonyl (C=O) groups excluding carboxylic acids is 1. The van der Waals surface area contributed by atoms with Crippen molar-refractivity contribution in [2.24, 2.45) is 5.73 Å². The Kier molecular flexibility index (Phi) is 3.20. The van der Waals surface area contributed by atoms with Gasteiger partial charge in [-0.25, -0.2) is 9.97 Å². The van der Waals surface area contributed by atoms with E-state index in [4.69, 9.17) is 5.73 Å². The molecular weight excluding hydrogens is 259 g/mol. The zero-order chi connectivity index (χ0) is 14.0. The summed E-state index contributed by atoms with van der Waals surface area (Å²) in [5, 5.41) is 0. The third-order valence-corrected chi connectivity index (χ3v) is 2.42. The second-order valence-electron chi connectivity index (χ2n) is 3.69. The normalized spacial score (nSPS) is 11.3. The first-order valence-corrected chi connectivity index (χ1v) is 5.18. The average molecular weight is 267 g/mol. The predicted octanol–water partition coefficient (Wildman–Crippen LogP) is 2.26. The number of amides is 1. The van der Waals surface area contributed by atoms with Crippen LogP contribution in [0.25, 0.3) is 11.4 Å². The van der Waals surface area contributed by atoms with Crippen LogP contribution in [-0.4, -0.2) is 15.9 Å². The molecule has 19 heavy (non-hydrogen) atoms. The molecule has 1 aromatic heterocycles. The molecule has 0 aliphatic heterocycles. The van der Waals surface area contributed by atoms with Gasteiger partial charge in [0.2, 0.25) is 5.91 Å². The summed E-state index contributed by atoms with van der Waals surface area (Å²) in [5.41, 5.74) is 3.84. The predicted molar refractivity (Wildman–Crippen MR) is 61.0 cm³/mol. The molecule has 0 saturated heterocycles. The molecule has 0 radical (unpaired) electrons. The SMILES string of the molecule is NC(=O)c1ccc(C(F)(F)F)c(-c2ncccn2)c1. The molecule has 7 heteroatoms. The van der Waals surface area contributed by atoms with Gasteiger partial charge in [-0.2, -0.15) is 13.2 Å². The molecule has 0 aliphatic rings. The van der Waals surface area contributed by atoms with Crippen LogP contribution in [0.5, 0.6) is 0 Å². The van der Waals surface area contributed by atoms with Crippen molar-refractivity contribution < 1.29 is 18.0 Å². The van der Waals surface area contributed by atoms with Crippen LogP contribution in [0.2, 0.25) is 0 Å². The first-order chi connectivity index (χ1) is 8.89. The summed E-state index contributed by atoms with van der Waals surface area (Å²) in [6.45, 7) is 0. The molecule has 4 nitrogen and oxygen atoms in total. The van der Waals surface area contributed by atoms with Gasteiger partial charge in [0.15, 0.2) is 5.82 Å². The molecule has 0 spiro atoms. The maximum Gasteiger partial charge on any atom is 0.417 e. The van der Waals surface area contributed by atoms with Crippen molar-refractivity contribution in [2.45, 2.75) is 6.18 Å². The highest BCUT2D eigenvalue weighted by Gasteiger charge is 2.34. The number of primary amides is 1. The van der Waals surface area contributed by atoms with Crippen molar-refractivity contribution in [1.29, 1.82) is 0 Å². The molecule has 1 aromatic carbocycles. The summed E-state index contributed by atoms with van der Waals surface area (Å²) in [4.78, 5) is 18.6. The molecule has 2 rings (SSSR count). The first-order valence-electron chi connectivity index (χ1n) is 5.18. The lowest BCUT2D eigenvalue weighted by molar-refractivity contribution is -0.137. The summed E-state index contributed by atoms with van der Waals surface area (Å²) >= 11 is 0. The van der Waals surface area contributed by atoms with E-state index in [0.717, 1.165) is 18.2 Å². The zero-order valence-electron chi connectivity index (χ0n) is 9.48. The van der Waals surface area contributed by atoms with Crippen LogP contribution in [0, 0.1) is 0 Å². The average Bonchev–Trinajstić information content (AvgIpc) is 2.38. The van der Waals surface area contributed by atoms with E-state index in [1.807, 2.05) is 0 Å². The molecule has 0 saturated carbocycles. The molecule has 1 amide bonds. The highest BCUT2D eigenvalue weighted by atomic mass is 19.4. The number of alkyl halides is 3. The van der Waals surface area contributed by atoms with E-state index in [9.17, 15) is 18.0 Å². The second-order valence-corrected chi connectivity index (χ2v) is 3.69. The van der Waals surface area contributed by atoms with Gasteiger partial charge >= 0.3 is 6.18 Å². The van der Waals surface area contributed by atoms with Gasteiger partial charge in [-0.05, 0) is 24.3 Å². The number of nitrogens with two attached hydrogens (primary N) is 1. The minimum Gasteiger partial charge on any atom is -0.366 e. The van der Waals surface area contributed by atoms with Crippen molar-refractivity contribution >= 4 is 5.91 Å². The molecule has 1 heterocycles. The fraction of sp³-hybridized carbons (Fsp3) is 0.0833. The lowest BCUT2D eigenvalue weighted by Crippen LogP contribution is -2.14. The number of aromatic nitrogens is 2. The Morgan fingerprint density at radius 2 is 1.79 bits per heavy atom. The number of benzene rings is 1. The Morgan fingerprint density at radius 3 is 2.32 bits per heavy atom. The van der Waals surface area contributed by atoms with E-state index in [2.05, 4.69) is 9.97 Å². The van der Waals surface area contributed by atoms with Gasteiger partial charge in [0.05, 0.1) is 5.56 Å². The van der Waals surface area contributed by atoms with Gasteiger partial charge in [-0.1, -0.05) is 0 Å². The largest absolute Gasteiger partial charge is 0.417 e. The van der Waals surface area contributed by atoms with Crippen LogP contribution in [0.3, 0.4) is 0 Å². The highest BCUT2D eigenvalue weighted by Crippen LogP contribution is 2.36. The molecule has 0 aliphatic carbocycles. The van der Waals surface area contributed by atoms with Crippen LogP contribution < -0.4 is 5.73 Å². The van der Waals surface area contributed by atoms with E-state index < -0.39 is 17.6 Å². The fourth-order valence-electron chi connectivity index (χ4n) is 1.57. The van der Waals surface area contributed by atoms with E-state index >= 15 is 0 Å². The summed E-state index contributed by atoms with van der Waals surface area (Å²) < 4.78 is 38.7. The monoisotopic (exact) mass is 267 g/mol. The number of rotatable bonds is 2. The van der Waals surface area contributed by atoms with Gasteiger partial charge in [0.1, 0.15) is 0 Å². The van der Waals surface area contributed by atoms with E-state index in [-0.39, 0.29) is 17.0 Å². The lowest BCUT2D eigenvalue weighted by atomic mass is 10.0. The summed E-state index contributed by atoms with van der Waals surface area (Å²) in [6, 6.07) is 4.35. The van der Waals surface area contributed by atoms with Gasteiger partial charge in [-0.15, -0.1) is 0 Å². The van der Waals surface area contributed by atoms with Crippen molar-refractivity contribution in [1.82, 2.24) is 9.97 Å². The number of carbonyl (C=O) groups is 1. The van der Waals surface area contributed by atoms with Gasteiger partial charge in [0, 0.05) is 23.5 Å². The molecular formula is C12H8F3N3O. The summed E-state index contributed by atoms with van der Waals surface area (Å²) in [5.74, 6) is -0.927. The van der Waals surface area contributed by atoms with Crippen LogP contribution in [0.15, 0.2) is 36.7 Å². The van der Waals surface area contributed by atoms with Crippen molar-refractivity contribution in [2.75, 3.05) is 0 Å². The van der Waals surface area contributed by atoms with E-state index in [0.29, 0.717) is 0 Å². The van der Waals surface area contributed by atoms with Crippen LogP contribution >= 0.6 is 0 Å². The Labute approximate surface area is 106 Å². The molecule has 0 fully saturated rings. The Bertz CT molecular complexity index is 611. The maximum absolute atomic E-state index is 12.9. The Hall–Kier alpha value is -2.44. The molecule has 2 N–H and O–H groups in total. The minimum absolute atomic E-state index is 0.0320. The standard InChI is InChI=1S/C12H8F3N3O/c13-12(14,15)9-3-2-7(10(16)19)6-8(9)11-17-4-1-5-18-11/h1-6H,(H2,16,19). The summed E-state index contributed by atoms with van der Waals surface area (Å²) in [6.07, 6.45) is -1.93. The van der Waals surface area contributed by atoms with Crippen LogP contribution in [0.4, 0.5) is 13.2 Å². The number of halogens is 3. The van der Waals surface area contributed by atoms with E-state index in [1.54, 1.807) is 0 Å².